The number of carbonyl (C=O) groups excluding carboxylic acids is 1. The first-order valence-electron chi connectivity index (χ1n) is 6.86. The van der Waals surface area contributed by atoms with E-state index in [0.717, 1.165) is 16.7 Å². The molecule has 0 aliphatic heterocycles. The van der Waals surface area contributed by atoms with E-state index >= 15 is 0 Å². The second-order valence-corrected chi connectivity index (χ2v) is 6.89. The van der Waals surface area contributed by atoms with Crippen LogP contribution in [0, 0.1) is 20.8 Å². The molecule has 116 valence electrons. The minimum atomic E-state index is -3.92. The summed E-state index contributed by atoms with van der Waals surface area (Å²) in [6.07, 6.45) is 0. The smallest absolute Gasteiger partial charge is 0.291 e. The van der Waals surface area contributed by atoms with Crippen molar-refractivity contribution in [3.05, 3.63) is 64.7 Å². The quantitative estimate of drug-likeness (QED) is 0.627. The fourth-order valence-electron chi connectivity index (χ4n) is 2.02. The lowest BCUT2D eigenvalue weighted by Crippen LogP contribution is -2.15. The van der Waals surface area contributed by atoms with Gasteiger partial charge in [0, 0.05) is 5.56 Å². The summed E-state index contributed by atoms with van der Waals surface area (Å²) in [4.78, 5) is 12.2. The highest BCUT2D eigenvalue weighted by Gasteiger charge is 2.18. The number of aryl methyl sites for hydroxylation is 3. The zero-order valence-electron chi connectivity index (χ0n) is 12.8. The molecule has 0 N–H and O–H groups in total. The second kappa shape index (κ2) is 6.42. The first-order valence-corrected chi connectivity index (χ1v) is 8.27. The van der Waals surface area contributed by atoms with Gasteiger partial charge in [-0.3, -0.25) is 8.98 Å². The van der Waals surface area contributed by atoms with E-state index in [2.05, 4.69) is 0 Å². The molecule has 0 aliphatic carbocycles. The van der Waals surface area contributed by atoms with Gasteiger partial charge in [0.05, 0.1) is 4.90 Å². The van der Waals surface area contributed by atoms with Crippen molar-refractivity contribution in [1.82, 2.24) is 0 Å². The van der Waals surface area contributed by atoms with Crippen LogP contribution in [0.25, 0.3) is 0 Å². The van der Waals surface area contributed by atoms with Crippen LogP contribution in [0.15, 0.2) is 47.4 Å². The summed E-state index contributed by atoms with van der Waals surface area (Å²) < 4.78 is 29.0. The van der Waals surface area contributed by atoms with Gasteiger partial charge < -0.3 is 0 Å². The Kier molecular flexibility index (Phi) is 4.78. The Hall–Kier alpha value is -1.98. The second-order valence-electron chi connectivity index (χ2n) is 5.27. The maximum absolute atomic E-state index is 12.2. The molecule has 0 radical (unpaired) electrons. The van der Waals surface area contributed by atoms with Gasteiger partial charge in [-0.25, -0.2) is 0 Å². The van der Waals surface area contributed by atoms with Crippen LogP contribution in [0.4, 0.5) is 0 Å². The minimum absolute atomic E-state index is 0.0480. The Labute approximate surface area is 130 Å². The number of ketones is 1. The lowest BCUT2D eigenvalue weighted by Gasteiger charge is -2.08. The molecule has 0 unspecified atom stereocenters. The van der Waals surface area contributed by atoms with E-state index in [-0.39, 0.29) is 10.7 Å². The molecule has 22 heavy (non-hydrogen) atoms. The summed E-state index contributed by atoms with van der Waals surface area (Å²) in [7, 11) is -3.92. The Morgan fingerprint density at radius 2 is 1.55 bits per heavy atom. The molecule has 2 rings (SSSR count). The van der Waals surface area contributed by atoms with E-state index in [9.17, 15) is 13.2 Å². The molecule has 0 aliphatic rings. The molecule has 0 heterocycles. The summed E-state index contributed by atoms with van der Waals surface area (Å²) in [5, 5.41) is 0. The van der Waals surface area contributed by atoms with Gasteiger partial charge in [0.2, 0.25) is 0 Å². The predicted molar refractivity (Wildman–Crippen MR) is 84.6 cm³/mol. The molecule has 0 atom stereocenters. The number of Topliss-reactive ketones (excluding diaryl/α,β-unsaturated/α-hetero) is 1. The van der Waals surface area contributed by atoms with Gasteiger partial charge in [0.1, 0.15) is 6.61 Å². The molecule has 5 heteroatoms. The lowest BCUT2D eigenvalue weighted by molar-refractivity contribution is 0.0924. The summed E-state index contributed by atoms with van der Waals surface area (Å²) in [5.41, 5.74) is 3.17. The van der Waals surface area contributed by atoms with Crippen molar-refractivity contribution >= 4 is 15.9 Å². The number of hydrogen-bond donors (Lipinski definition) is 0. The van der Waals surface area contributed by atoms with Crippen molar-refractivity contribution < 1.29 is 17.4 Å². The monoisotopic (exact) mass is 318 g/mol. The molecule has 0 saturated carbocycles. The van der Waals surface area contributed by atoms with Crippen LogP contribution < -0.4 is 0 Å². The molecule has 0 fully saturated rings. The molecule has 0 bridgehead atoms. The third-order valence-corrected chi connectivity index (χ3v) is 4.63. The summed E-state index contributed by atoms with van der Waals surface area (Å²) in [6, 6.07) is 11.8. The van der Waals surface area contributed by atoms with E-state index in [1.165, 1.54) is 12.1 Å². The number of hydrogen-bond acceptors (Lipinski definition) is 4. The molecule has 2 aromatic rings. The molecule has 0 amide bonds. The standard InChI is InChI=1S/C17H18O4S/c1-12-5-8-15(9-6-12)22(19,20)21-11-17(18)16-10-13(2)4-7-14(16)3/h4-10H,11H2,1-3H3. The highest BCUT2D eigenvalue weighted by Crippen LogP contribution is 2.15. The van der Waals surface area contributed by atoms with Crippen molar-refractivity contribution in [1.29, 1.82) is 0 Å². The van der Waals surface area contributed by atoms with Crippen LogP contribution in [0.1, 0.15) is 27.0 Å². The highest BCUT2D eigenvalue weighted by molar-refractivity contribution is 7.86. The molecule has 0 saturated heterocycles. The van der Waals surface area contributed by atoms with Crippen molar-refractivity contribution in [3.63, 3.8) is 0 Å². The van der Waals surface area contributed by atoms with E-state index in [1.54, 1.807) is 25.1 Å². The van der Waals surface area contributed by atoms with Crippen LogP contribution in [0.3, 0.4) is 0 Å². The van der Waals surface area contributed by atoms with E-state index in [4.69, 9.17) is 4.18 Å². The van der Waals surface area contributed by atoms with E-state index in [1.807, 2.05) is 26.0 Å². The van der Waals surface area contributed by atoms with Gasteiger partial charge in [-0.05, 0) is 44.5 Å². The van der Waals surface area contributed by atoms with Gasteiger partial charge in [-0.1, -0.05) is 35.4 Å². The van der Waals surface area contributed by atoms with Gasteiger partial charge in [-0.15, -0.1) is 0 Å². The molecule has 4 nitrogen and oxygen atoms in total. The fourth-order valence-corrected chi connectivity index (χ4v) is 2.89. The van der Waals surface area contributed by atoms with Gasteiger partial charge >= 0.3 is 0 Å². The van der Waals surface area contributed by atoms with Crippen molar-refractivity contribution in [2.75, 3.05) is 6.61 Å². The topological polar surface area (TPSA) is 60.4 Å². The summed E-state index contributed by atoms with van der Waals surface area (Å²) in [6.45, 7) is 5.04. The zero-order chi connectivity index (χ0) is 16.3. The van der Waals surface area contributed by atoms with Crippen LogP contribution in [0.2, 0.25) is 0 Å². The maximum atomic E-state index is 12.2. The number of benzene rings is 2. The SMILES string of the molecule is Cc1ccc(S(=O)(=O)OCC(=O)c2cc(C)ccc2C)cc1. The normalized spacial score (nSPS) is 11.4. The molecule has 0 aromatic heterocycles. The Morgan fingerprint density at radius 1 is 0.955 bits per heavy atom. The Morgan fingerprint density at radius 3 is 2.18 bits per heavy atom. The van der Waals surface area contributed by atoms with Crippen molar-refractivity contribution in [3.8, 4) is 0 Å². The number of carbonyl (C=O) groups is 1. The van der Waals surface area contributed by atoms with Crippen LogP contribution in [-0.4, -0.2) is 20.8 Å². The van der Waals surface area contributed by atoms with Crippen molar-refractivity contribution in [2.24, 2.45) is 0 Å². The average molecular weight is 318 g/mol. The van der Waals surface area contributed by atoms with Crippen LogP contribution >= 0.6 is 0 Å². The van der Waals surface area contributed by atoms with Gasteiger partial charge in [0.25, 0.3) is 10.1 Å². The molecular formula is C17H18O4S. The number of rotatable bonds is 5. The molecular weight excluding hydrogens is 300 g/mol. The molecule has 2 aromatic carbocycles. The van der Waals surface area contributed by atoms with E-state index < -0.39 is 16.7 Å². The van der Waals surface area contributed by atoms with Crippen LogP contribution in [0.5, 0.6) is 0 Å². The summed E-state index contributed by atoms with van der Waals surface area (Å²) in [5.74, 6) is -0.350. The van der Waals surface area contributed by atoms with Crippen molar-refractivity contribution in [2.45, 2.75) is 25.7 Å². The summed E-state index contributed by atoms with van der Waals surface area (Å²) >= 11 is 0. The predicted octanol–water partition coefficient (Wildman–Crippen LogP) is 3.20. The lowest BCUT2D eigenvalue weighted by atomic mass is 10.0. The maximum Gasteiger partial charge on any atom is 0.297 e. The largest absolute Gasteiger partial charge is 0.297 e. The zero-order valence-corrected chi connectivity index (χ0v) is 13.6. The third-order valence-electron chi connectivity index (χ3n) is 3.35. The third kappa shape index (κ3) is 3.81. The highest BCUT2D eigenvalue weighted by atomic mass is 32.2. The average Bonchev–Trinajstić information content (AvgIpc) is 2.48. The van der Waals surface area contributed by atoms with Crippen LogP contribution in [-0.2, 0) is 14.3 Å². The minimum Gasteiger partial charge on any atom is -0.291 e. The van der Waals surface area contributed by atoms with Gasteiger partial charge in [-0.2, -0.15) is 8.42 Å². The fraction of sp³-hybridized carbons (Fsp3) is 0.235. The molecule has 0 spiro atoms. The Bertz CT molecular complexity index is 790. The first-order chi connectivity index (χ1) is 10.3. The van der Waals surface area contributed by atoms with E-state index in [0.29, 0.717) is 5.56 Å². The first kappa shape index (κ1) is 16.4. The van der Waals surface area contributed by atoms with Gasteiger partial charge in [0.15, 0.2) is 5.78 Å². The Balaban J connectivity index is 2.13.